The van der Waals surface area contributed by atoms with E-state index in [1.54, 1.807) is 0 Å². The molecule has 0 aliphatic rings. The van der Waals surface area contributed by atoms with Crippen molar-refractivity contribution in [3.63, 3.8) is 0 Å². The second kappa shape index (κ2) is 5.98. The number of rotatable bonds is 6. The molecule has 0 aromatic heterocycles. The molecule has 0 rings (SSSR count). The Hall–Kier alpha value is -0.610. The molecule has 0 fully saturated rings. The average Bonchev–Trinajstić information content (AvgIpc) is 1.94. The topological polar surface area (TPSA) is 64.3 Å². The van der Waals surface area contributed by atoms with Gasteiger partial charge < -0.3 is 15.8 Å². The van der Waals surface area contributed by atoms with Gasteiger partial charge in [-0.15, -0.1) is 0 Å². The third kappa shape index (κ3) is 9.48. The zero-order valence-corrected chi connectivity index (χ0v) is 9.59. The van der Waals surface area contributed by atoms with Crippen molar-refractivity contribution >= 4 is 5.91 Å². The summed E-state index contributed by atoms with van der Waals surface area (Å²) in [6.07, 6.45) is 0.548. The quantitative estimate of drug-likeness (QED) is 0.622. The number of amides is 1. The summed E-state index contributed by atoms with van der Waals surface area (Å²) in [6, 6.07) is 0. The number of carbonyl (C=O) groups is 1. The van der Waals surface area contributed by atoms with Gasteiger partial charge in [-0.3, -0.25) is 4.79 Å². The zero-order valence-electron chi connectivity index (χ0n) is 9.59. The Kier molecular flexibility index (Phi) is 5.72. The summed E-state index contributed by atoms with van der Waals surface area (Å²) in [4.78, 5) is 11.3. The van der Waals surface area contributed by atoms with Gasteiger partial charge in [-0.05, 0) is 27.7 Å². The molecule has 0 bridgehead atoms. The Bertz CT molecular complexity index is 173. The molecule has 3 N–H and O–H groups in total. The maximum absolute atomic E-state index is 11.3. The highest BCUT2D eigenvalue weighted by atomic mass is 16.5. The van der Waals surface area contributed by atoms with Gasteiger partial charge in [0.1, 0.15) is 0 Å². The van der Waals surface area contributed by atoms with E-state index >= 15 is 0 Å². The maximum Gasteiger partial charge on any atom is 0.221 e. The van der Waals surface area contributed by atoms with E-state index < -0.39 is 5.54 Å². The van der Waals surface area contributed by atoms with E-state index in [1.807, 2.05) is 27.7 Å². The fraction of sp³-hybridized carbons (Fsp3) is 0.900. The Morgan fingerprint density at radius 1 is 1.50 bits per heavy atom. The molecule has 4 heteroatoms. The molecule has 0 radical (unpaired) electrons. The van der Waals surface area contributed by atoms with Gasteiger partial charge in [-0.1, -0.05) is 0 Å². The van der Waals surface area contributed by atoms with Crippen molar-refractivity contribution < 1.29 is 9.53 Å². The van der Waals surface area contributed by atoms with E-state index in [4.69, 9.17) is 10.5 Å². The molecule has 0 aliphatic heterocycles. The van der Waals surface area contributed by atoms with Crippen LogP contribution in [0.2, 0.25) is 0 Å². The molecule has 0 atom stereocenters. The lowest BCUT2D eigenvalue weighted by Gasteiger charge is -2.17. The van der Waals surface area contributed by atoms with Gasteiger partial charge in [0.15, 0.2) is 0 Å². The van der Waals surface area contributed by atoms with Gasteiger partial charge in [0.05, 0.1) is 12.7 Å². The van der Waals surface area contributed by atoms with Gasteiger partial charge in [-0.25, -0.2) is 0 Å². The van der Waals surface area contributed by atoms with E-state index in [9.17, 15) is 4.79 Å². The molecule has 0 saturated heterocycles. The van der Waals surface area contributed by atoms with Crippen molar-refractivity contribution in [1.29, 1.82) is 0 Å². The normalized spacial score (nSPS) is 11.9. The minimum absolute atomic E-state index is 0.0233. The van der Waals surface area contributed by atoms with E-state index in [0.29, 0.717) is 19.6 Å². The largest absolute Gasteiger partial charge is 0.377 e. The van der Waals surface area contributed by atoms with Gasteiger partial charge in [-0.2, -0.15) is 0 Å². The monoisotopic (exact) mass is 202 g/mol. The van der Waals surface area contributed by atoms with Gasteiger partial charge >= 0.3 is 0 Å². The van der Waals surface area contributed by atoms with E-state index in [1.165, 1.54) is 0 Å². The lowest BCUT2D eigenvalue weighted by atomic mass is 10.0. The highest BCUT2D eigenvalue weighted by molar-refractivity contribution is 5.76. The Balaban J connectivity index is 3.46. The van der Waals surface area contributed by atoms with Crippen molar-refractivity contribution in [2.45, 2.75) is 45.8 Å². The molecule has 0 spiro atoms. The minimum atomic E-state index is -0.441. The van der Waals surface area contributed by atoms with Crippen LogP contribution in [0.3, 0.4) is 0 Å². The summed E-state index contributed by atoms with van der Waals surface area (Å²) < 4.78 is 5.28. The molecule has 1 amide bonds. The average molecular weight is 202 g/mol. The lowest BCUT2D eigenvalue weighted by Crippen LogP contribution is -2.40. The molecule has 84 valence electrons. The van der Waals surface area contributed by atoms with Crippen molar-refractivity contribution in [3.05, 3.63) is 0 Å². The first-order chi connectivity index (χ1) is 6.31. The maximum atomic E-state index is 11.3. The van der Waals surface area contributed by atoms with Crippen LogP contribution in [0.5, 0.6) is 0 Å². The molecule has 0 aliphatic carbocycles. The smallest absolute Gasteiger partial charge is 0.221 e. The predicted octanol–water partition coefficient (Wildman–Crippen LogP) is 0.655. The van der Waals surface area contributed by atoms with E-state index in [-0.39, 0.29) is 12.0 Å². The van der Waals surface area contributed by atoms with Crippen LogP contribution in [-0.4, -0.2) is 30.7 Å². The first kappa shape index (κ1) is 13.4. The highest BCUT2D eigenvalue weighted by Crippen LogP contribution is 2.02. The molecule has 0 aromatic rings. The Morgan fingerprint density at radius 2 is 2.07 bits per heavy atom. The lowest BCUT2D eigenvalue weighted by molar-refractivity contribution is -0.122. The van der Waals surface area contributed by atoms with Crippen molar-refractivity contribution in [3.8, 4) is 0 Å². The van der Waals surface area contributed by atoms with Crippen molar-refractivity contribution in [2.75, 3.05) is 13.2 Å². The fourth-order valence-electron chi connectivity index (χ4n) is 0.961. The first-order valence-electron chi connectivity index (χ1n) is 4.98. The zero-order chi connectivity index (χ0) is 11.2. The first-order valence-corrected chi connectivity index (χ1v) is 4.98. The summed E-state index contributed by atoms with van der Waals surface area (Å²) in [7, 11) is 0. The van der Waals surface area contributed by atoms with Gasteiger partial charge in [0, 0.05) is 18.5 Å². The van der Waals surface area contributed by atoms with Gasteiger partial charge in [0.2, 0.25) is 5.91 Å². The summed E-state index contributed by atoms with van der Waals surface area (Å²) >= 11 is 0. The number of hydrogen-bond donors (Lipinski definition) is 2. The molecule has 0 saturated carbocycles. The summed E-state index contributed by atoms with van der Waals surface area (Å²) in [5.41, 5.74) is 5.26. The molecule has 0 aromatic carbocycles. The van der Waals surface area contributed by atoms with Gasteiger partial charge in [0.25, 0.3) is 0 Å². The fourth-order valence-corrected chi connectivity index (χ4v) is 0.961. The van der Waals surface area contributed by atoms with Crippen LogP contribution in [0.4, 0.5) is 0 Å². The van der Waals surface area contributed by atoms with Crippen molar-refractivity contribution in [1.82, 2.24) is 5.32 Å². The number of carbonyl (C=O) groups excluding carboxylic acids is 1. The molecular formula is C10H22N2O2. The molecule has 4 nitrogen and oxygen atoms in total. The van der Waals surface area contributed by atoms with E-state index in [0.717, 1.165) is 0 Å². The number of nitrogens with two attached hydrogens (primary N) is 1. The van der Waals surface area contributed by atoms with E-state index in [2.05, 4.69) is 5.32 Å². The van der Waals surface area contributed by atoms with Crippen molar-refractivity contribution in [2.24, 2.45) is 5.73 Å². The van der Waals surface area contributed by atoms with Crippen LogP contribution in [0.15, 0.2) is 0 Å². The number of nitrogens with one attached hydrogen (secondary N) is 1. The van der Waals surface area contributed by atoms with Crippen LogP contribution in [0.25, 0.3) is 0 Å². The molecule has 0 unspecified atom stereocenters. The Morgan fingerprint density at radius 3 is 2.50 bits per heavy atom. The SMILES string of the molecule is CC(C)OCCNC(=O)CC(C)(C)N. The third-order valence-electron chi connectivity index (χ3n) is 1.49. The molecular weight excluding hydrogens is 180 g/mol. The molecule has 14 heavy (non-hydrogen) atoms. The third-order valence-corrected chi connectivity index (χ3v) is 1.49. The second-order valence-corrected chi connectivity index (χ2v) is 4.43. The number of hydrogen-bond acceptors (Lipinski definition) is 3. The summed E-state index contributed by atoms with van der Waals surface area (Å²) in [5, 5.41) is 2.75. The van der Waals surface area contributed by atoms with Crippen LogP contribution >= 0.6 is 0 Å². The van der Waals surface area contributed by atoms with Crippen LogP contribution in [0, 0.1) is 0 Å². The van der Waals surface area contributed by atoms with Crippen LogP contribution in [-0.2, 0) is 9.53 Å². The second-order valence-electron chi connectivity index (χ2n) is 4.43. The summed E-state index contributed by atoms with van der Waals surface area (Å²) in [5.74, 6) is -0.0233. The Labute approximate surface area is 86.2 Å². The summed E-state index contributed by atoms with van der Waals surface area (Å²) in [6.45, 7) is 8.69. The highest BCUT2D eigenvalue weighted by Gasteiger charge is 2.15. The molecule has 0 heterocycles. The predicted molar refractivity (Wildman–Crippen MR) is 57.0 cm³/mol. The number of ether oxygens (including phenoxy) is 1. The van der Waals surface area contributed by atoms with Crippen LogP contribution < -0.4 is 11.1 Å². The standard InChI is InChI=1S/C10H22N2O2/c1-8(2)14-6-5-12-9(13)7-10(3,4)11/h8H,5-7,11H2,1-4H3,(H,12,13). The minimum Gasteiger partial charge on any atom is -0.377 e. The van der Waals surface area contributed by atoms with Crippen LogP contribution in [0.1, 0.15) is 34.1 Å².